The van der Waals surface area contributed by atoms with Crippen molar-refractivity contribution in [1.82, 2.24) is 0 Å². The number of nitrogens with zero attached hydrogens (tertiary/aromatic N) is 1. The maximum Gasteiger partial charge on any atom is 0.218 e. The molecule has 1 aromatic carbocycles. The highest BCUT2D eigenvalue weighted by Gasteiger charge is 2.28. The van der Waals surface area contributed by atoms with Crippen LogP contribution in [0.4, 0.5) is 8.78 Å². The molecule has 0 bridgehead atoms. The molecular formula is C26H31F2NO2. The van der Waals surface area contributed by atoms with Gasteiger partial charge in [-0.05, 0) is 62.1 Å². The third-order valence-corrected chi connectivity index (χ3v) is 4.73. The van der Waals surface area contributed by atoms with Gasteiger partial charge in [-0.1, -0.05) is 49.9 Å². The molecule has 0 saturated carbocycles. The second-order valence-corrected chi connectivity index (χ2v) is 7.16. The predicted octanol–water partition coefficient (Wildman–Crippen LogP) is 6.95. The molecule has 2 unspecified atom stereocenters. The van der Waals surface area contributed by atoms with Gasteiger partial charge in [-0.25, -0.2) is 13.8 Å². The molecule has 1 heterocycles. The molecule has 1 aromatic rings. The van der Waals surface area contributed by atoms with Gasteiger partial charge in [0.2, 0.25) is 5.90 Å². The van der Waals surface area contributed by atoms with Gasteiger partial charge >= 0.3 is 0 Å². The maximum atomic E-state index is 14.2. The molecule has 1 aliphatic rings. The zero-order valence-electron chi connectivity index (χ0n) is 18.7. The molecule has 0 radical (unpaired) electrons. The third-order valence-electron chi connectivity index (χ3n) is 4.73. The van der Waals surface area contributed by atoms with Gasteiger partial charge in [0.05, 0.1) is 12.2 Å². The van der Waals surface area contributed by atoms with Gasteiger partial charge in [-0.3, -0.25) is 0 Å². The minimum atomic E-state index is -1.53. The fourth-order valence-corrected chi connectivity index (χ4v) is 3.04. The molecule has 0 N–H and O–H groups in total. The number of rotatable bonds is 10. The number of allylic oxidation sites excluding steroid dienone is 6. The first-order valence-corrected chi connectivity index (χ1v) is 10.5. The van der Waals surface area contributed by atoms with Crippen LogP contribution in [-0.4, -0.2) is 31.3 Å². The lowest BCUT2D eigenvalue weighted by atomic mass is 10.0. The monoisotopic (exact) mass is 427 g/mol. The van der Waals surface area contributed by atoms with Crippen molar-refractivity contribution in [2.45, 2.75) is 46.3 Å². The van der Waals surface area contributed by atoms with Gasteiger partial charge in [0.25, 0.3) is 0 Å². The van der Waals surface area contributed by atoms with E-state index < -0.39 is 12.0 Å². The molecule has 31 heavy (non-hydrogen) atoms. The molecule has 0 aromatic heterocycles. The highest BCUT2D eigenvalue weighted by Crippen LogP contribution is 2.25. The Kier molecular flexibility index (Phi) is 9.44. The average molecular weight is 428 g/mol. The largest absolute Gasteiger partial charge is 0.494 e. The summed E-state index contributed by atoms with van der Waals surface area (Å²) in [6.45, 7) is 11.9. The normalized spacial score (nSPS) is 18.7. The number of aliphatic imine (C=N–C) groups is 1. The molecule has 0 amide bonds. The average Bonchev–Trinajstić information content (AvgIpc) is 3.23. The van der Waals surface area contributed by atoms with Crippen molar-refractivity contribution in [3.8, 4) is 5.75 Å². The second kappa shape index (κ2) is 12.0. The van der Waals surface area contributed by atoms with E-state index in [9.17, 15) is 8.78 Å². The van der Waals surface area contributed by atoms with Crippen molar-refractivity contribution in [3.63, 3.8) is 0 Å². The summed E-state index contributed by atoms with van der Waals surface area (Å²) < 4.78 is 39.3. The van der Waals surface area contributed by atoms with Gasteiger partial charge < -0.3 is 9.47 Å². The lowest BCUT2D eigenvalue weighted by Crippen LogP contribution is -2.13. The lowest BCUT2D eigenvalue weighted by molar-refractivity contribution is 0.317. The van der Waals surface area contributed by atoms with Crippen LogP contribution in [0.2, 0.25) is 0 Å². The Balaban J connectivity index is 2.12. The van der Waals surface area contributed by atoms with E-state index in [0.29, 0.717) is 12.2 Å². The van der Waals surface area contributed by atoms with Gasteiger partial charge in [-0.15, -0.1) is 0 Å². The second-order valence-electron chi connectivity index (χ2n) is 7.16. The quantitative estimate of drug-likeness (QED) is 0.378. The van der Waals surface area contributed by atoms with E-state index in [1.54, 1.807) is 6.92 Å². The topological polar surface area (TPSA) is 30.8 Å². The Morgan fingerprint density at radius 2 is 1.97 bits per heavy atom. The van der Waals surface area contributed by atoms with Crippen molar-refractivity contribution in [2.75, 3.05) is 13.2 Å². The van der Waals surface area contributed by atoms with Gasteiger partial charge in [0, 0.05) is 0 Å². The van der Waals surface area contributed by atoms with Gasteiger partial charge in [0.1, 0.15) is 30.4 Å². The standard InChI is InChI=1S/C26H31F2NO2/c1-6-9-23(28)25(19(5)27)26-29-24(17-31-26)18(4)10-11-20(8-3)21-12-14-22(15-13-21)30-16-7-2/h6,8-15,19,24H,4,7,16-17H2,1-3,5H3/b9-6-,11-10-,20-8+,25-23-. The molecule has 2 rings (SSSR count). The molecule has 0 aliphatic carbocycles. The molecule has 5 heteroatoms. The van der Waals surface area contributed by atoms with Crippen LogP contribution in [0.5, 0.6) is 5.75 Å². The van der Waals surface area contributed by atoms with E-state index in [1.165, 1.54) is 19.1 Å². The SMILES string of the molecule is C=C(/C=C\C(=C/C)c1ccc(OCCC)cc1)C1COC(/C(=C(F)/C=C\C)C(C)F)=N1. The van der Waals surface area contributed by atoms with E-state index in [1.807, 2.05) is 49.4 Å². The molecule has 166 valence electrons. The summed E-state index contributed by atoms with van der Waals surface area (Å²) in [5.41, 5.74) is 2.60. The summed E-state index contributed by atoms with van der Waals surface area (Å²) in [7, 11) is 0. The van der Waals surface area contributed by atoms with Gasteiger partial charge in [-0.2, -0.15) is 0 Å². The van der Waals surface area contributed by atoms with E-state index in [4.69, 9.17) is 9.47 Å². The number of benzene rings is 1. The van der Waals surface area contributed by atoms with E-state index >= 15 is 0 Å². The minimum Gasteiger partial charge on any atom is -0.494 e. The van der Waals surface area contributed by atoms with Crippen LogP contribution in [0.1, 0.15) is 39.7 Å². The van der Waals surface area contributed by atoms with Crippen molar-refractivity contribution in [1.29, 1.82) is 0 Å². The number of hydrogen-bond donors (Lipinski definition) is 0. The van der Waals surface area contributed by atoms with Crippen LogP contribution < -0.4 is 4.74 Å². The Hall–Kier alpha value is -2.95. The summed E-state index contributed by atoms with van der Waals surface area (Å²) in [6, 6.07) is 7.52. The molecular weight excluding hydrogens is 396 g/mol. The van der Waals surface area contributed by atoms with Crippen LogP contribution in [0.3, 0.4) is 0 Å². The number of ether oxygens (including phenoxy) is 2. The molecule has 3 nitrogen and oxygen atoms in total. The van der Waals surface area contributed by atoms with Crippen molar-refractivity contribution < 1.29 is 18.3 Å². The van der Waals surface area contributed by atoms with E-state index in [0.717, 1.165) is 23.3 Å². The molecule has 0 saturated heterocycles. The Labute approximate surface area is 184 Å². The first kappa shape index (κ1) is 24.3. The minimum absolute atomic E-state index is 0.000856. The summed E-state index contributed by atoms with van der Waals surface area (Å²) >= 11 is 0. The summed E-state index contributed by atoms with van der Waals surface area (Å²) in [5, 5.41) is 0. The number of alkyl halides is 1. The van der Waals surface area contributed by atoms with Crippen molar-refractivity contribution >= 4 is 11.5 Å². The number of halogens is 2. The van der Waals surface area contributed by atoms with Gasteiger partial charge in [0.15, 0.2) is 0 Å². The van der Waals surface area contributed by atoms with E-state index in [-0.39, 0.29) is 24.1 Å². The smallest absolute Gasteiger partial charge is 0.218 e. The predicted molar refractivity (Wildman–Crippen MR) is 125 cm³/mol. The van der Waals surface area contributed by atoms with Crippen molar-refractivity contribution in [2.24, 2.45) is 4.99 Å². The summed E-state index contributed by atoms with van der Waals surface area (Å²) in [5.74, 6) is 0.162. The molecule has 0 fully saturated rings. The first-order valence-electron chi connectivity index (χ1n) is 10.5. The Morgan fingerprint density at radius 3 is 2.55 bits per heavy atom. The zero-order valence-corrected chi connectivity index (χ0v) is 18.7. The lowest BCUT2D eigenvalue weighted by Gasteiger charge is -2.08. The first-order chi connectivity index (χ1) is 14.9. The summed E-state index contributed by atoms with van der Waals surface area (Å²) in [4.78, 5) is 4.37. The summed E-state index contributed by atoms with van der Waals surface area (Å²) in [6.07, 6.45) is 7.96. The molecule has 2 atom stereocenters. The van der Waals surface area contributed by atoms with Crippen LogP contribution in [0.25, 0.3) is 5.57 Å². The Morgan fingerprint density at radius 1 is 1.26 bits per heavy atom. The number of hydrogen-bond acceptors (Lipinski definition) is 3. The highest BCUT2D eigenvalue weighted by molar-refractivity contribution is 5.96. The maximum absolute atomic E-state index is 14.2. The van der Waals surface area contributed by atoms with Crippen molar-refractivity contribution in [3.05, 3.63) is 83.8 Å². The highest BCUT2D eigenvalue weighted by atomic mass is 19.1. The van der Waals surface area contributed by atoms with Crippen LogP contribution >= 0.6 is 0 Å². The molecule has 1 aliphatic heterocycles. The fraction of sp³-hybridized carbons (Fsp3) is 0.346. The van der Waals surface area contributed by atoms with Crippen LogP contribution in [0.15, 0.2) is 83.2 Å². The van der Waals surface area contributed by atoms with Crippen LogP contribution in [0, 0.1) is 0 Å². The molecule has 0 spiro atoms. The zero-order chi connectivity index (χ0) is 22.8. The fourth-order valence-electron chi connectivity index (χ4n) is 3.04. The third kappa shape index (κ3) is 6.78. The van der Waals surface area contributed by atoms with E-state index in [2.05, 4.69) is 18.5 Å². The Bertz CT molecular complexity index is 906. The van der Waals surface area contributed by atoms with Crippen LogP contribution in [-0.2, 0) is 4.74 Å².